The lowest BCUT2D eigenvalue weighted by Gasteiger charge is -2.28. The highest BCUT2D eigenvalue weighted by Gasteiger charge is 2.19. The Morgan fingerprint density at radius 2 is 2.00 bits per heavy atom. The summed E-state index contributed by atoms with van der Waals surface area (Å²) in [7, 11) is 0. The van der Waals surface area contributed by atoms with E-state index < -0.39 is 0 Å². The van der Waals surface area contributed by atoms with Gasteiger partial charge in [-0.05, 0) is 30.4 Å². The van der Waals surface area contributed by atoms with Crippen LogP contribution in [-0.4, -0.2) is 17.5 Å². The molecule has 1 aliphatic rings. The van der Waals surface area contributed by atoms with Gasteiger partial charge in [-0.25, -0.2) is 4.79 Å². The third-order valence-corrected chi connectivity index (χ3v) is 3.75. The molecule has 19 heavy (non-hydrogen) atoms. The topological polar surface area (TPSA) is 32.3 Å². The maximum atomic E-state index is 12.1. The molecule has 3 heteroatoms. The number of nitrogens with zero attached hydrogens (tertiary/aromatic N) is 1. The number of nitrogens with one attached hydrogen (secondary N) is 1. The molecule has 3 nitrogen and oxygen atoms in total. The van der Waals surface area contributed by atoms with Gasteiger partial charge >= 0.3 is 6.03 Å². The van der Waals surface area contributed by atoms with E-state index in [2.05, 4.69) is 37.4 Å². The van der Waals surface area contributed by atoms with Crippen LogP contribution >= 0.6 is 0 Å². The van der Waals surface area contributed by atoms with E-state index in [1.54, 1.807) is 0 Å². The third kappa shape index (κ3) is 3.37. The average molecular weight is 258 g/mol. The largest absolute Gasteiger partial charge is 0.321 e. The van der Waals surface area contributed by atoms with Crippen LogP contribution in [0.15, 0.2) is 36.0 Å². The van der Waals surface area contributed by atoms with Gasteiger partial charge in [0.15, 0.2) is 0 Å². The molecule has 2 rings (SSSR count). The average Bonchev–Trinajstić information content (AvgIpc) is 2.43. The van der Waals surface area contributed by atoms with Crippen molar-refractivity contribution in [2.45, 2.75) is 33.7 Å². The second-order valence-corrected chi connectivity index (χ2v) is 5.43. The van der Waals surface area contributed by atoms with Crippen molar-refractivity contribution >= 4 is 6.03 Å². The Kier molecular flexibility index (Phi) is 4.25. The first-order chi connectivity index (χ1) is 9.08. The predicted molar refractivity (Wildman–Crippen MR) is 77.7 cm³/mol. The molecule has 1 aromatic carbocycles. The zero-order valence-corrected chi connectivity index (χ0v) is 11.9. The number of benzene rings is 1. The van der Waals surface area contributed by atoms with Crippen LogP contribution in [0.5, 0.6) is 0 Å². The number of allylic oxidation sites excluding steroid dienone is 1. The number of fused-ring (bicyclic) bond motifs is 1. The van der Waals surface area contributed by atoms with Gasteiger partial charge in [0.1, 0.15) is 0 Å². The maximum Gasteiger partial charge on any atom is 0.321 e. The second-order valence-electron chi connectivity index (χ2n) is 5.43. The number of hydrogen-bond acceptors (Lipinski definition) is 1. The van der Waals surface area contributed by atoms with Crippen molar-refractivity contribution in [1.29, 1.82) is 0 Å². The van der Waals surface area contributed by atoms with E-state index in [9.17, 15) is 4.79 Å². The molecule has 0 unspecified atom stereocenters. The van der Waals surface area contributed by atoms with Gasteiger partial charge in [0.25, 0.3) is 0 Å². The first kappa shape index (κ1) is 13.7. The summed E-state index contributed by atoms with van der Waals surface area (Å²) in [6.07, 6.45) is 2.77. The smallest absolute Gasteiger partial charge is 0.320 e. The van der Waals surface area contributed by atoms with Crippen molar-refractivity contribution in [2.24, 2.45) is 5.92 Å². The number of hydrogen-bond donors (Lipinski definition) is 1. The lowest BCUT2D eigenvalue weighted by Crippen LogP contribution is -2.41. The van der Waals surface area contributed by atoms with E-state index in [1.165, 1.54) is 16.7 Å². The van der Waals surface area contributed by atoms with Crippen LogP contribution in [0.1, 0.15) is 31.9 Å². The Hall–Kier alpha value is -1.77. The molecule has 1 heterocycles. The molecule has 0 radical (unpaired) electrons. The van der Waals surface area contributed by atoms with Gasteiger partial charge in [-0.1, -0.05) is 43.7 Å². The highest BCUT2D eigenvalue weighted by atomic mass is 16.2. The molecule has 1 N–H and O–H groups in total. The van der Waals surface area contributed by atoms with Crippen LogP contribution in [0.4, 0.5) is 4.79 Å². The summed E-state index contributed by atoms with van der Waals surface area (Å²) in [5, 5.41) is 2.89. The molecule has 0 spiro atoms. The zero-order chi connectivity index (χ0) is 13.8. The quantitative estimate of drug-likeness (QED) is 0.867. The molecule has 2 amide bonds. The van der Waals surface area contributed by atoms with Crippen LogP contribution in [-0.2, 0) is 13.0 Å². The minimum absolute atomic E-state index is 0.00509. The molecule has 1 aliphatic heterocycles. The van der Waals surface area contributed by atoms with E-state index >= 15 is 0 Å². The van der Waals surface area contributed by atoms with Crippen LogP contribution in [0, 0.1) is 5.92 Å². The second kappa shape index (κ2) is 5.91. The first-order valence-electron chi connectivity index (χ1n) is 6.87. The van der Waals surface area contributed by atoms with Crippen LogP contribution < -0.4 is 5.32 Å². The van der Waals surface area contributed by atoms with E-state index in [0.29, 0.717) is 12.5 Å². The van der Waals surface area contributed by atoms with Crippen molar-refractivity contribution in [3.8, 4) is 0 Å². The van der Waals surface area contributed by atoms with Gasteiger partial charge in [-0.3, -0.25) is 0 Å². The number of amides is 2. The predicted octanol–water partition coefficient (Wildman–Crippen LogP) is 3.31. The molecule has 0 aliphatic carbocycles. The summed E-state index contributed by atoms with van der Waals surface area (Å²) in [5.74, 6) is 0.461. The number of carbonyl (C=O) groups excluding carboxylic acids is 1. The van der Waals surface area contributed by atoms with Crippen LogP contribution in [0.3, 0.4) is 0 Å². The minimum atomic E-state index is -0.00509. The summed E-state index contributed by atoms with van der Waals surface area (Å²) >= 11 is 0. The highest BCUT2D eigenvalue weighted by molar-refractivity contribution is 5.75. The maximum absolute atomic E-state index is 12.1. The molecule has 0 saturated heterocycles. The monoisotopic (exact) mass is 258 g/mol. The summed E-state index contributed by atoms with van der Waals surface area (Å²) < 4.78 is 0. The standard InChI is InChI=1S/C16H22N2O/c1-12(2)13(3)10-17-16(19)18-9-8-14-6-4-5-7-15(14)11-18/h4-7,10,12H,8-9,11H2,1-3H3,(H,17,19)/b13-10+. The lowest BCUT2D eigenvalue weighted by atomic mass is 10.0. The van der Waals surface area contributed by atoms with E-state index in [1.807, 2.05) is 24.1 Å². The Labute approximate surface area is 115 Å². The van der Waals surface area contributed by atoms with Crippen LogP contribution in [0.25, 0.3) is 0 Å². The fourth-order valence-electron chi connectivity index (χ4n) is 2.10. The molecule has 0 bridgehead atoms. The number of urea groups is 1. The molecule has 0 fully saturated rings. The summed E-state index contributed by atoms with van der Waals surface area (Å²) in [6, 6.07) is 8.33. The van der Waals surface area contributed by atoms with Gasteiger partial charge in [0.05, 0.1) is 0 Å². The lowest BCUT2D eigenvalue weighted by molar-refractivity contribution is 0.196. The van der Waals surface area contributed by atoms with Gasteiger partial charge in [0, 0.05) is 19.3 Å². The Bertz CT molecular complexity index is 491. The number of carbonyl (C=O) groups is 1. The van der Waals surface area contributed by atoms with E-state index in [-0.39, 0.29) is 6.03 Å². The minimum Gasteiger partial charge on any atom is -0.320 e. The SMILES string of the molecule is C/C(=C\NC(=O)N1CCc2ccccc2C1)C(C)C. The number of rotatable bonds is 2. The van der Waals surface area contributed by atoms with Crippen molar-refractivity contribution in [1.82, 2.24) is 10.2 Å². The highest BCUT2D eigenvalue weighted by Crippen LogP contribution is 2.18. The Morgan fingerprint density at radius 3 is 2.68 bits per heavy atom. The normalized spacial score (nSPS) is 15.4. The third-order valence-electron chi connectivity index (χ3n) is 3.75. The van der Waals surface area contributed by atoms with E-state index in [4.69, 9.17) is 0 Å². The fourth-order valence-corrected chi connectivity index (χ4v) is 2.10. The van der Waals surface area contributed by atoms with Crippen molar-refractivity contribution < 1.29 is 4.79 Å². The van der Waals surface area contributed by atoms with Gasteiger partial charge < -0.3 is 10.2 Å². The molecular formula is C16H22N2O. The van der Waals surface area contributed by atoms with Gasteiger partial charge in [-0.15, -0.1) is 0 Å². The summed E-state index contributed by atoms with van der Waals surface area (Å²) in [6.45, 7) is 7.77. The molecule has 0 atom stereocenters. The van der Waals surface area contributed by atoms with Gasteiger partial charge in [0.2, 0.25) is 0 Å². The molecular weight excluding hydrogens is 236 g/mol. The fraction of sp³-hybridized carbons (Fsp3) is 0.438. The van der Waals surface area contributed by atoms with Crippen LogP contribution in [0.2, 0.25) is 0 Å². The van der Waals surface area contributed by atoms with Gasteiger partial charge in [-0.2, -0.15) is 0 Å². The first-order valence-corrected chi connectivity index (χ1v) is 6.87. The molecule has 1 aromatic rings. The van der Waals surface area contributed by atoms with Crippen molar-refractivity contribution in [3.63, 3.8) is 0 Å². The molecule has 0 aromatic heterocycles. The van der Waals surface area contributed by atoms with Crippen molar-refractivity contribution in [3.05, 3.63) is 47.2 Å². The zero-order valence-electron chi connectivity index (χ0n) is 11.9. The molecule has 0 saturated carbocycles. The summed E-state index contributed by atoms with van der Waals surface area (Å²) in [5.41, 5.74) is 3.81. The molecule has 102 valence electrons. The Balaban J connectivity index is 1.98. The van der Waals surface area contributed by atoms with Crippen molar-refractivity contribution in [2.75, 3.05) is 6.54 Å². The Morgan fingerprint density at radius 1 is 1.32 bits per heavy atom. The summed E-state index contributed by atoms with van der Waals surface area (Å²) in [4.78, 5) is 14.0. The van der Waals surface area contributed by atoms with E-state index in [0.717, 1.165) is 13.0 Å².